The van der Waals surface area contributed by atoms with Gasteiger partial charge in [0, 0.05) is 18.6 Å². The number of ether oxygens (including phenoxy) is 1. The lowest BCUT2D eigenvalue weighted by Crippen LogP contribution is -2.61. The van der Waals surface area contributed by atoms with Crippen LogP contribution in [-0.4, -0.2) is 41.9 Å². The van der Waals surface area contributed by atoms with E-state index in [4.69, 9.17) is 13.6 Å². The number of fused-ring (bicyclic) bond motifs is 5. The first-order valence-electron chi connectivity index (χ1n) is 17.5. The highest BCUT2D eigenvalue weighted by atomic mass is 28.4. The minimum atomic E-state index is -1.95. The molecule has 0 aromatic heterocycles. The van der Waals surface area contributed by atoms with Gasteiger partial charge in [-0.05, 0) is 134 Å². The molecule has 0 aromatic carbocycles. The Labute approximate surface area is 262 Å². The fourth-order valence-electron chi connectivity index (χ4n) is 10.0. The molecular weight excluding hydrogens is 553 g/mol. The zero-order valence-corrected chi connectivity index (χ0v) is 32.1. The van der Waals surface area contributed by atoms with Gasteiger partial charge in [0.05, 0.1) is 7.11 Å². The SMILES string of the molecule is COC(=O)C[C@@H](C)[C@H]1CC[C@H]2[C@@H]3C(O[Si](C)(C)C(C)(C)C)C[C@@H]4CC(O[Si](C)(C)C(C)(C)C)CC[C@]4(C)[C@H]3CC[C@]12C. The molecule has 4 nitrogen and oxygen atoms in total. The molecule has 42 heavy (non-hydrogen) atoms. The van der Waals surface area contributed by atoms with Gasteiger partial charge in [0.15, 0.2) is 16.6 Å². The smallest absolute Gasteiger partial charge is 0.305 e. The highest BCUT2D eigenvalue weighted by Crippen LogP contribution is 2.69. The predicted molar refractivity (Wildman–Crippen MR) is 181 cm³/mol. The molecular formula is C36H68O4Si2. The van der Waals surface area contributed by atoms with Crippen molar-refractivity contribution in [3.05, 3.63) is 0 Å². The molecule has 4 fully saturated rings. The van der Waals surface area contributed by atoms with Crippen molar-refractivity contribution in [3.8, 4) is 0 Å². The summed E-state index contributed by atoms with van der Waals surface area (Å²) in [6, 6.07) is 0. The maximum atomic E-state index is 12.3. The predicted octanol–water partition coefficient (Wildman–Crippen LogP) is 10.2. The summed E-state index contributed by atoms with van der Waals surface area (Å²) >= 11 is 0. The lowest BCUT2D eigenvalue weighted by atomic mass is 9.43. The maximum absolute atomic E-state index is 12.3. The zero-order valence-electron chi connectivity index (χ0n) is 30.1. The van der Waals surface area contributed by atoms with Crippen molar-refractivity contribution < 1.29 is 18.4 Å². The van der Waals surface area contributed by atoms with Gasteiger partial charge in [-0.1, -0.05) is 62.3 Å². The molecule has 4 rings (SSSR count). The van der Waals surface area contributed by atoms with Crippen LogP contribution in [0.25, 0.3) is 0 Å². The molecule has 0 amide bonds. The van der Waals surface area contributed by atoms with E-state index in [2.05, 4.69) is 88.5 Å². The molecule has 0 bridgehead atoms. The summed E-state index contributed by atoms with van der Waals surface area (Å²) in [5, 5.41) is 0.451. The Hall–Kier alpha value is -0.176. The first-order chi connectivity index (χ1) is 19.1. The molecule has 0 aliphatic heterocycles. The third-order valence-corrected chi connectivity index (χ3v) is 23.6. The third-order valence-electron chi connectivity index (χ3n) is 14.6. The van der Waals surface area contributed by atoms with Gasteiger partial charge in [0.1, 0.15) is 0 Å². The van der Waals surface area contributed by atoms with Crippen molar-refractivity contribution in [2.45, 2.75) is 169 Å². The number of carbonyl (C=O) groups is 1. The molecule has 0 spiro atoms. The molecule has 244 valence electrons. The van der Waals surface area contributed by atoms with Crippen LogP contribution < -0.4 is 0 Å². The van der Waals surface area contributed by atoms with Crippen molar-refractivity contribution >= 4 is 22.6 Å². The summed E-state index contributed by atoms with van der Waals surface area (Å²) in [7, 11) is -2.22. The molecule has 0 N–H and O–H groups in total. The van der Waals surface area contributed by atoms with Crippen molar-refractivity contribution in [1.29, 1.82) is 0 Å². The average Bonchev–Trinajstić information content (AvgIpc) is 3.20. The fourth-order valence-corrected chi connectivity index (χ4v) is 12.8. The van der Waals surface area contributed by atoms with Crippen LogP contribution in [0.15, 0.2) is 0 Å². The number of hydrogen-bond donors (Lipinski definition) is 0. The first-order valence-corrected chi connectivity index (χ1v) is 23.3. The summed E-state index contributed by atoms with van der Waals surface area (Å²) in [5.74, 6) is 3.65. The fraction of sp³-hybridized carbons (Fsp3) is 0.972. The van der Waals surface area contributed by atoms with E-state index < -0.39 is 16.6 Å². The van der Waals surface area contributed by atoms with E-state index in [0.29, 0.717) is 53.6 Å². The lowest BCUT2D eigenvalue weighted by Gasteiger charge is -2.64. The highest BCUT2D eigenvalue weighted by molar-refractivity contribution is 6.74. The Kier molecular flexibility index (Phi) is 9.55. The molecule has 4 saturated carbocycles. The molecule has 0 aromatic rings. The van der Waals surface area contributed by atoms with Crippen LogP contribution in [0.3, 0.4) is 0 Å². The van der Waals surface area contributed by atoms with Crippen molar-refractivity contribution in [2.75, 3.05) is 7.11 Å². The summed E-state index contributed by atoms with van der Waals surface area (Å²) in [4.78, 5) is 12.3. The van der Waals surface area contributed by atoms with Crippen LogP contribution in [0.5, 0.6) is 0 Å². The molecule has 4 aliphatic carbocycles. The van der Waals surface area contributed by atoms with E-state index in [1.165, 1.54) is 58.5 Å². The van der Waals surface area contributed by atoms with Crippen LogP contribution in [-0.2, 0) is 18.4 Å². The molecule has 0 heterocycles. The lowest BCUT2D eigenvalue weighted by molar-refractivity contribution is -0.170. The van der Waals surface area contributed by atoms with Crippen LogP contribution in [0, 0.1) is 46.3 Å². The Morgan fingerprint density at radius 3 is 1.93 bits per heavy atom. The first kappa shape index (κ1) is 34.7. The van der Waals surface area contributed by atoms with E-state index in [-0.39, 0.29) is 21.5 Å². The van der Waals surface area contributed by atoms with E-state index in [0.717, 1.165) is 5.92 Å². The molecule has 0 saturated heterocycles. The molecule has 6 heteroatoms. The summed E-state index contributed by atoms with van der Waals surface area (Å²) in [5.41, 5.74) is 0.664. The van der Waals surface area contributed by atoms with Crippen molar-refractivity contribution in [1.82, 2.24) is 0 Å². The van der Waals surface area contributed by atoms with E-state index in [1.807, 2.05) is 0 Å². The number of rotatable bonds is 7. The van der Waals surface area contributed by atoms with Gasteiger partial charge < -0.3 is 13.6 Å². The standard InChI is InChI=1S/C36H68O4Si2/c1-24(21-31(37)38-10)27-15-16-28-32-29(18-20-36(27,28)9)35(8)19-17-26(39-41(11,12)33(2,3)4)22-25(35)23-30(32)40-42(13,14)34(5,6)7/h24-30,32H,15-23H2,1-14H3/t24-,25+,26?,27-,28+,29+,30?,32+,35+,36-/m1/s1. The van der Waals surface area contributed by atoms with Gasteiger partial charge in [-0.3, -0.25) is 4.79 Å². The zero-order chi connectivity index (χ0) is 31.7. The second-order valence-corrected chi connectivity index (χ2v) is 28.4. The Balaban J connectivity index is 1.65. The molecule has 0 radical (unpaired) electrons. The van der Waals surface area contributed by atoms with Crippen LogP contribution in [0.4, 0.5) is 0 Å². The second-order valence-electron chi connectivity index (χ2n) is 18.9. The van der Waals surface area contributed by atoms with E-state index >= 15 is 0 Å². The monoisotopic (exact) mass is 620 g/mol. The Morgan fingerprint density at radius 2 is 1.36 bits per heavy atom. The van der Waals surface area contributed by atoms with Crippen molar-refractivity contribution in [3.63, 3.8) is 0 Å². The minimum absolute atomic E-state index is 0.0490. The summed E-state index contributed by atoms with van der Waals surface area (Å²) in [6.45, 7) is 31.7. The van der Waals surface area contributed by atoms with E-state index in [9.17, 15) is 4.79 Å². The Morgan fingerprint density at radius 1 is 0.810 bits per heavy atom. The average molecular weight is 621 g/mol. The number of carbonyl (C=O) groups excluding carboxylic acids is 1. The molecule has 10 atom stereocenters. The van der Waals surface area contributed by atoms with Gasteiger partial charge in [0.25, 0.3) is 0 Å². The van der Waals surface area contributed by atoms with Crippen LogP contribution in [0.1, 0.15) is 120 Å². The van der Waals surface area contributed by atoms with E-state index in [1.54, 1.807) is 0 Å². The van der Waals surface area contributed by atoms with Crippen LogP contribution >= 0.6 is 0 Å². The second kappa shape index (κ2) is 11.6. The summed E-state index contributed by atoms with van der Waals surface area (Å²) in [6.07, 6.45) is 11.4. The van der Waals surface area contributed by atoms with Crippen molar-refractivity contribution in [2.24, 2.45) is 46.3 Å². The maximum Gasteiger partial charge on any atom is 0.305 e. The third kappa shape index (κ3) is 6.15. The number of hydrogen-bond acceptors (Lipinski definition) is 4. The van der Waals surface area contributed by atoms with Gasteiger partial charge in [-0.25, -0.2) is 0 Å². The highest BCUT2D eigenvalue weighted by Gasteiger charge is 2.64. The molecule has 4 aliphatic rings. The van der Waals surface area contributed by atoms with Gasteiger partial charge >= 0.3 is 5.97 Å². The summed E-state index contributed by atoms with van der Waals surface area (Å²) < 4.78 is 19.8. The molecule has 2 unspecified atom stereocenters. The Bertz CT molecular complexity index is 980. The number of methoxy groups -OCH3 is 1. The van der Waals surface area contributed by atoms with Gasteiger partial charge in [0.2, 0.25) is 0 Å². The minimum Gasteiger partial charge on any atom is -0.469 e. The van der Waals surface area contributed by atoms with Gasteiger partial charge in [-0.15, -0.1) is 0 Å². The normalized spacial score (nSPS) is 40.1. The quantitative estimate of drug-likeness (QED) is 0.210. The largest absolute Gasteiger partial charge is 0.469 e. The van der Waals surface area contributed by atoms with Crippen LogP contribution in [0.2, 0.25) is 36.3 Å². The van der Waals surface area contributed by atoms with Gasteiger partial charge in [-0.2, -0.15) is 0 Å². The number of esters is 1. The topological polar surface area (TPSA) is 44.8 Å².